The first-order chi connectivity index (χ1) is 10.0. The molecule has 0 atom stereocenters. The first-order valence-electron chi connectivity index (χ1n) is 7.20. The minimum Gasteiger partial charge on any atom is -0.465 e. The Morgan fingerprint density at radius 1 is 1.43 bits per heavy atom. The molecule has 2 amide bonds. The zero-order chi connectivity index (χ0) is 15.4. The number of hydrogen-bond donors (Lipinski definition) is 1. The summed E-state index contributed by atoms with van der Waals surface area (Å²) in [7, 11) is 3.04. The van der Waals surface area contributed by atoms with Gasteiger partial charge in [0.1, 0.15) is 17.1 Å². The average molecular weight is 294 g/mol. The number of methoxy groups -OCH3 is 1. The quantitative estimate of drug-likeness (QED) is 0.866. The number of hydrogen-bond acceptors (Lipinski definition) is 4. The van der Waals surface area contributed by atoms with Gasteiger partial charge in [-0.15, -0.1) is 0 Å². The number of nitrogens with one attached hydrogen (secondary N) is 1. The second-order valence-electron chi connectivity index (χ2n) is 5.46. The standard InChI is InChI=1S/C15H22N2O4/c1-10-13(14(18)20-3)8-12(21-10)9-17(2)15(19)16-11-6-4-5-7-11/h8,11H,4-7,9H2,1-3H3,(H,16,19). The van der Waals surface area contributed by atoms with Crippen LogP contribution in [0.25, 0.3) is 0 Å². The molecule has 0 bridgehead atoms. The van der Waals surface area contributed by atoms with E-state index in [1.54, 1.807) is 24.9 Å². The fraction of sp³-hybridized carbons (Fsp3) is 0.600. The van der Waals surface area contributed by atoms with Crippen molar-refractivity contribution in [3.8, 4) is 0 Å². The minimum atomic E-state index is -0.430. The van der Waals surface area contributed by atoms with E-state index in [0.29, 0.717) is 23.6 Å². The molecule has 116 valence electrons. The van der Waals surface area contributed by atoms with E-state index >= 15 is 0 Å². The zero-order valence-corrected chi connectivity index (χ0v) is 12.8. The first-order valence-corrected chi connectivity index (χ1v) is 7.20. The summed E-state index contributed by atoms with van der Waals surface area (Å²) in [5, 5.41) is 3.01. The molecule has 0 spiro atoms. The van der Waals surface area contributed by atoms with Crippen LogP contribution in [0, 0.1) is 6.92 Å². The van der Waals surface area contributed by atoms with Gasteiger partial charge in [0.2, 0.25) is 0 Å². The van der Waals surface area contributed by atoms with E-state index in [0.717, 1.165) is 12.8 Å². The summed E-state index contributed by atoms with van der Waals surface area (Å²) in [5.41, 5.74) is 0.400. The molecule has 2 rings (SSSR count). The van der Waals surface area contributed by atoms with E-state index in [2.05, 4.69) is 10.1 Å². The predicted octanol–water partition coefficient (Wildman–Crippen LogP) is 2.46. The number of amides is 2. The van der Waals surface area contributed by atoms with Crippen LogP contribution < -0.4 is 5.32 Å². The maximum atomic E-state index is 12.1. The highest BCUT2D eigenvalue weighted by Crippen LogP contribution is 2.19. The number of rotatable bonds is 4. The second-order valence-corrected chi connectivity index (χ2v) is 5.46. The summed E-state index contributed by atoms with van der Waals surface area (Å²) >= 11 is 0. The van der Waals surface area contributed by atoms with E-state index in [9.17, 15) is 9.59 Å². The lowest BCUT2D eigenvalue weighted by atomic mass is 10.2. The Hall–Kier alpha value is -1.98. The number of carbonyl (C=O) groups is 2. The summed E-state index contributed by atoms with van der Waals surface area (Å²) in [6.45, 7) is 2.02. The number of urea groups is 1. The Bertz CT molecular complexity index is 518. The maximum absolute atomic E-state index is 12.1. The van der Waals surface area contributed by atoms with Gasteiger partial charge in [0, 0.05) is 13.1 Å². The number of furan rings is 1. The van der Waals surface area contributed by atoms with Gasteiger partial charge >= 0.3 is 12.0 Å². The van der Waals surface area contributed by atoms with Gasteiger partial charge in [0.05, 0.1) is 13.7 Å². The third kappa shape index (κ3) is 3.77. The lowest BCUT2D eigenvalue weighted by Gasteiger charge is -2.19. The molecule has 1 aliphatic rings. The molecule has 1 saturated carbocycles. The van der Waals surface area contributed by atoms with Gasteiger partial charge in [0.15, 0.2) is 0 Å². The largest absolute Gasteiger partial charge is 0.465 e. The van der Waals surface area contributed by atoms with Gasteiger partial charge in [-0.2, -0.15) is 0 Å². The topological polar surface area (TPSA) is 71.8 Å². The number of nitrogens with zero attached hydrogens (tertiary/aromatic N) is 1. The zero-order valence-electron chi connectivity index (χ0n) is 12.8. The molecule has 6 nitrogen and oxygen atoms in total. The molecule has 1 heterocycles. The van der Waals surface area contributed by atoms with Crippen molar-refractivity contribution in [2.45, 2.75) is 45.2 Å². The van der Waals surface area contributed by atoms with Crippen molar-refractivity contribution in [1.29, 1.82) is 0 Å². The Labute approximate surface area is 124 Å². The van der Waals surface area contributed by atoms with E-state index in [1.165, 1.54) is 20.0 Å². The fourth-order valence-electron chi connectivity index (χ4n) is 2.59. The van der Waals surface area contributed by atoms with E-state index in [4.69, 9.17) is 4.42 Å². The molecule has 1 aromatic heterocycles. The van der Waals surface area contributed by atoms with Crippen LogP contribution in [0.2, 0.25) is 0 Å². The van der Waals surface area contributed by atoms with E-state index in [1.807, 2.05) is 0 Å². The number of carbonyl (C=O) groups excluding carboxylic acids is 2. The summed E-state index contributed by atoms with van der Waals surface area (Å²) in [6, 6.07) is 1.79. The van der Waals surface area contributed by atoms with Crippen molar-refractivity contribution >= 4 is 12.0 Å². The Kier molecular flexibility index (Phi) is 4.88. The van der Waals surface area contributed by atoms with Crippen LogP contribution >= 0.6 is 0 Å². The van der Waals surface area contributed by atoms with E-state index < -0.39 is 5.97 Å². The molecule has 0 radical (unpaired) electrons. The van der Waals surface area contributed by atoms with Crippen LogP contribution in [0.3, 0.4) is 0 Å². The van der Waals surface area contributed by atoms with Crippen LogP contribution in [0.5, 0.6) is 0 Å². The van der Waals surface area contributed by atoms with Gasteiger partial charge in [-0.25, -0.2) is 9.59 Å². The molecule has 0 aromatic carbocycles. The molecule has 0 unspecified atom stereocenters. The summed E-state index contributed by atoms with van der Waals surface area (Å²) in [4.78, 5) is 25.1. The molecule has 1 N–H and O–H groups in total. The molecule has 1 aromatic rings. The first kappa shape index (κ1) is 15.4. The van der Waals surface area contributed by atoms with Crippen molar-refractivity contribution in [3.63, 3.8) is 0 Å². The molecule has 6 heteroatoms. The van der Waals surface area contributed by atoms with E-state index in [-0.39, 0.29) is 12.1 Å². The van der Waals surface area contributed by atoms with Gasteiger partial charge in [0.25, 0.3) is 0 Å². The third-order valence-electron chi connectivity index (χ3n) is 3.80. The monoisotopic (exact) mass is 294 g/mol. The molecule has 0 aliphatic heterocycles. The molecule has 1 aliphatic carbocycles. The van der Waals surface area contributed by atoms with Gasteiger partial charge in [-0.3, -0.25) is 0 Å². The fourth-order valence-corrected chi connectivity index (χ4v) is 2.59. The van der Waals surface area contributed by atoms with Crippen LogP contribution in [0.1, 0.15) is 47.6 Å². The molecule has 0 saturated heterocycles. The number of esters is 1. The van der Waals surface area contributed by atoms with Crippen LogP contribution in [0.15, 0.2) is 10.5 Å². The smallest absolute Gasteiger partial charge is 0.341 e. The maximum Gasteiger partial charge on any atom is 0.341 e. The van der Waals surface area contributed by atoms with Gasteiger partial charge in [-0.1, -0.05) is 12.8 Å². The second kappa shape index (κ2) is 6.65. The van der Waals surface area contributed by atoms with Crippen molar-refractivity contribution < 1.29 is 18.7 Å². The highest BCUT2D eigenvalue weighted by molar-refractivity contribution is 5.90. The summed E-state index contributed by atoms with van der Waals surface area (Å²) < 4.78 is 10.2. The normalized spacial score (nSPS) is 15.0. The predicted molar refractivity (Wildman–Crippen MR) is 77.0 cm³/mol. The Morgan fingerprint density at radius 2 is 2.10 bits per heavy atom. The third-order valence-corrected chi connectivity index (χ3v) is 3.80. The van der Waals surface area contributed by atoms with Gasteiger partial charge < -0.3 is 19.4 Å². The highest BCUT2D eigenvalue weighted by Gasteiger charge is 2.21. The molecular weight excluding hydrogens is 272 g/mol. The average Bonchev–Trinajstić information content (AvgIpc) is 3.07. The summed E-state index contributed by atoms with van der Waals surface area (Å²) in [5.74, 6) is 0.638. The minimum absolute atomic E-state index is 0.115. The van der Waals surface area contributed by atoms with Gasteiger partial charge in [-0.05, 0) is 25.8 Å². The van der Waals surface area contributed by atoms with Crippen molar-refractivity contribution in [3.05, 3.63) is 23.2 Å². The molecule has 21 heavy (non-hydrogen) atoms. The van der Waals surface area contributed by atoms with Crippen molar-refractivity contribution in [2.75, 3.05) is 14.2 Å². The lowest BCUT2D eigenvalue weighted by molar-refractivity contribution is 0.0598. The van der Waals surface area contributed by atoms with Crippen LogP contribution in [0.4, 0.5) is 4.79 Å². The number of ether oxygens (including phenoxy) is 1. The lowest BCUT2D eigenvalue weighted by Crippen LogP contribution is -2.41. The summed E-state index contributed by atoms with van der Waals surface area (Å²) in [6.07, 6.45) is 4.45. The Balaban J connectivity index is 1.94. The highest BCUT2D eigenvalue weighted by atomic mass is 16.5. The SMILES string of the molecule is COC(=O)c1cc(CN(C)C(=O)NC2CCCC2)oc1C. The number of aryl methyl sites for hydroxylation is 1. The molecule has 1 fully saturated rings. The molecular formula is C15H22N2O4. The Morgan fingerprint density at radius 3 is 2.71 bits per heavy atom. The van der Waals surface area contributed by atoms with Crippen molar-refractivity contribution in [1.82, 2.24) is 10.2 Å². The van der Waals surface area contributed by atoms with Crippen LogP contribution in [-0.2, 0) is 11.3 Å². The van der Waals surface area contributed by atoms with Crippen LogP contribution in [-0.4, -0.2) is 37.1 Å². The van der Waals surface area contributed by atoms with Crippen molar-refractivity contribution in [2.24, 2.45) is 0 Å².